The van der Waals surface area contributed by atoms with Gasteiger partial charge in [-0.3, -0.25) is 4.79 Å². The van der Waals surface area contributed by atoms with Gasteiger partial charge in [0.2, 0.25) is 16.0 Å². The minimum Gasteiger partial charge on any atom is -0.459 e. The van der Waals surface area contributed by atoms with Gasteiger partial charge >= 0.3 is 5.97 Å². The van der Waals surface area contributed by atoms with Crippen molar-refractivity contribution in [1.82, 2.24) is 14.3 Å². The quantitative estimate of drug-likeness (QED) is 0.364. The largest absolute Gasteiger partial charge is 0.459 e. The third kappa shape index (κ3) is 6.32. The Hall–Kier alpha value is -1.82. The predicted molar refractivity (Wildman–Crippen MR) is 161 cm³/mol. The zero-order valence-electron chi connectivity index (χ0n) is 23.3. The van der Waals surface area contributed by atoms with Crippen LogP contribution in [0.1, 0.15) is 46.1 Å². The van der Waals surface area contributed by atoms with Crippen LogP contribution < -0.4 is 5.32 Å². The molecule has 2 aliphatic rings. The fourth-order valence-electron chi connectivity index (χ4n) is 5.32. The van der Waals surface area contributed by atoms with Gasteiger partial charge in [0.05, 0.1) is 15.1 Å². The van der Waals surface area contributed by atoms with E-state index in [0.717, 1.165) is 12.8 Å². The Morgan fingerprint density at radius 1 is 1.24 bits per heavy atom. The summed E-state index contributed by atoms with van der Waals surface area (Å²) >= 11 is 3.53. The number of hydrogen-bond donors (Lipinski definition) is 1. The second kappa shape index (κ2) is 9.98. The van der Waals surface area contributed by atoms with E-state index in [0.29, 0.717) is 27.2 Å². The molecule has 4 rings (SSSR count). The summed E-state index contributed by atoms with van der Waals surface area (Å²) in [7, 11) is 4.41. The number of esters is 1. The lowest BCUT2D eigenvalue weighted by Crippen LogP contribution is -2.56. The number of fused-ring (bicyclic) bond motifs is 1. The van der Waals surface area contributed by atoms with Gasteiger partial charge in [0, 0.05) is 35.1 Å². The standard InChI is InChI=1S/C23H33B4BrN4O5S/c1-12(19(33)36-21(2,3)4)32-11-14-6-5-13(7-17(14)38(32,34)35)18-16(28)10-29-20(31-18)30-15-8-22(24,25)37-23(26,27)9-15/h5-7,10,12,15H,8-9,11,24-27H2,1-4H3,(H,29,30,31)/t12-/m1/s1. The van der Waals surface area contributed by atoms with Gasteiger partial charge in [-0.25, -0.2) is 18.4 Å². The fourth-order valence-corrected chi connectivity index (χ4v) is 7.54. The molecule has 0 radical (unpaired) electrons. The highest BCUT2D eigenvalue weighted by atomic mass is 79.9. The second-order valence-corrected chi connectivity index (χ2v) is 15.1. The van der Waals surface area contributed by atoms with Crippen molar-refractivity contribution in [3.8, 4) is 11.3 Å². The Bertz CT molecular complexity index is 1350. The van der Waals surface area contributed by atoms with E-state index in [2.05, 4.69) is 57.6 Å². The lowest BCUT2D eigenvalue weighted by Gasteiger charge is -2.46. The Balaban J connectivity index is 1.60. The maximum absolute atomic E-state index is 13.5. The van der Waals surface area contributed by atoms with Crippen molar-refractivity contribution >= 4 is 69.3 Å². The zero-order chi connectivity index (χ0) is 28.3. The number of nitrogens with zero attached hydrogens (tertiary/aromatic N) is 3. The number of carbonyl (C=O) groups excluding carboxylic acids is 1. The summed E-state index contributed by atoms with van der Waals surface area (Å²) in [6, 6.07) is 4.39. The van der Waals surface area contributed by atoms with E-state index in [-0.39, 0.29) is 28.3 Å². The number of rotatable bonds is 5. The van der Waals surface area contributed by atoms with E-state index in [1.165, 1.54) is 4.31 Å². The minimum absolute atomic E-state index is 0.103. The van der Waals surface area contributed by atoms with Gasteiger partial charge in [-0.05, 0) is 68.1 Å². The molecule has 1 N–H and O–H groups in total. The maximum atomic E-state index is 13.5. The van der Waals surface area contributed by atoms with Gasteiger partial charge in [-0.2, -0.15) is 4.31 Å². The maximum Gasteiger partial charge on any atom is 0.324 e. The van der Waals surface area contributed by atoms with Crippen LogP contribution in [0.25, 0.3) is 11.3 Å². The van der Waals surface area contributed by atoms with Gasteiger partial charge in [0.15, 0.2) is 0 Å². The van der Waals surface area contributed by atoms with E-state index in [4.69, 9.17) is 14.5 Å². The number of hydrogen-bond acceptors (Lipinski definition) is 8. The van der Waals surface area contributed by atoms with Crippen molar-refractivity contribution < 1.29 is 22.7 Å². The summed E-state index contributed by atoms with van der Waals surface area (Å²) in [5.74, 6) is -0.118. The second-order valence-electron chi connectivity index (χ2n) is 12.3. The number of benzene rings is 1. The normalized spacial score (nSPS) is 21.4. The molecule has 1 aromatic carbocycles. The van der Waals surface area contributed by atoms with Gasteiger partial charge in [0.1, 0.15) is 43.0 Å². The summed E-state index contributed by atoms with van der Waals surface area (Å²) < 4.78 is 40.4. The molecular formula is C23H33B4BrN4O5S. The lowest BCUT2D eigenvalue weighted by atomic mass is 9.53. The minimum atomic E-state index is -3.90. The number of sulfonamides is 1. The number of nitrogens with one attached hydrogen (secondary N) is 1. The summed E-state index contributed by atoms with van der Waals surface area (Å²) in [6.07, 6.45) is 3.26. The molecule has 2 aromatic rings. The van der Waals surface area contributed by atoms with E-state index < -0.39 is 27.6 Å². The van der Waals surface area contributed by atoms with Gasteiger partial charge in [-0.1, -0.05) is 12.1 Å². The first kappa shape index (κ1) is 29.2. The molecule has 2 aliphatic heterocycles. The van der Waals surface area contributed by atoms with Crippen molar-refractivity contribution in [2.24, 2.45) is 0 Å². The van der Waals surface area contributed by atoms with E-state index >= 15 is 0 Å². The topological polar surface area (TPSA) is 111 Å². The first-order chi connectivity index (χ1) is 17.4. The molecule has 38 heavy (non-hydrogen) atoms. The number of halogens is 1. The third-order valence-corrected chi connectivity index (χ3v) is 9.12. The Morgan fingerprint density at radius 3 is 2.47 bits per heavy atom. The molecule has 15 heteroatoms. The Kier molecular flexibility index (Phi) is 7.66. The lowest BCUT2D eigenvalue weighted by molar-refractivity contribution is -0.159. The van der Waals surface area contributed by atoms with Crippen LogP contribution in [-0.4, -0.2) is 88.5 Å². The van der Waals surface area contributed by atoms with Crippen molar-refractivity contribution in [2.75, 3.05) is 5.32 Å². The van der Waals surface area contributed by atoms with Crippen LogP contribution in [0.3, 0.4) is 0 Å². The van der Waals surface area contributed by atoms with Crippen molar-refractivity contribution in [1.29, 1.82) is 0 Å². The van der Waals surface area contributed by atoms with E-state index in [9.17, 15) is 13.2 Å². The monoisotopic (exact) mass is 600 g/mol. The molecule has 0 spiro atoms. The van der Waals surface area contributed by atoms with Crippen LogP contribution in [0.4, 0.5) is 5.95 Å². The average Bonchev–Trinajstić information content (AvgIpc) is 3.01. The summed E-state index contributed by atoms with van der Waals surface area (Å²) in [5, 5.41) is 2.88. The summed E-state index contributed by atoms with van der Waals surface area (Å²) in [5.41, 5.74) is 1.11. The van der Waals surface area contributed by atoms with Crippen LogP contribution in [0.2, 0.25) is 0 Å². The summed E-state index contributed by atoms with van der Waals surface area (Å²) in [4.78, 5) is 22.0. The molecular weight excluding hydrogens is 567 g/mol. The van der Waals surface area contributed by atoms with Crippen LogP contribution in [0.5, 0.6) is 0 Å². The highest BCUT2D eigenvalue weighted by Crippen LogP contribution is 2.37. The van der Waals surface area contributed by atoms with E-state index in [1.54, 1.807) is 46.0 Å². The van der Waals surface area contributed by atoms with Crippen molar-refractivity contribution in [2.45, 2.75) is 80.5 Å². The Labute approximate surface area is 237 Å². The molecule has 1 atom stereocenters. The predicted octanol–water partition coefficient (Wildman–Crippen LogP) is -0.428. The third-order valence-electron chi connectivity index (χ3n) is 6.54. The molecule has 0 amide bonds. The molecule has 1 aromatic heterocycles. The molecule has 0 aliphatic carbocycles. The Morgan fingerprint density at radius 2 is 1.87 bits per heavy atom. The fraction of sp³-hybridized carbons (Fsp3) is 0.522. The van der Waals surface area contributed by atoms with Gasteiger partial charge in [-0.15, -0.1) is 0 Å². The number of carbonyl (C=O) groups is 1. The molecule has 9 nitrogen and oxygen atoms in total. The van der Waals surface area contributed by atoms with Gasteiger partial charge in [0.25, 0.3) is 0 Å². The highest BCUT2D eigenvalue weighted by molar-refractivity contribution is 9.10. The molecule has 3 heterocycles. The molecule has 1 fully saturated rings. The SMILES string of the molecule is BC1(B)CC(Nc2ncc(Br)c(-c3ccc4c(c3)S(=O)(=O)N([C@H](C)C(=O)OC(C)(C)C)C4)n2)CC(B)(B)O1. The first-order valence-electron chi connectivity index (χ1n) is 12.7. The number of aromatic nitrogens is 2. The van der Waals surface area contributed by atoms with Crippen LogP contribution in [0.15, 0.2) is 33.8 Å². The zero-order valence-corrected chi connectivity index (χ0v) is 25.7. The molecule has 0 bridgehead atoms. The first-order valence-corrected chi connectivity index (χ1v) is 15.0. The van der Waals surface area contributed by atoms with E-state index in [1.807, 2.05) is 6.07 Å². The van der Waals surface area contributed by atoms with Crippen molar-refractivity contribution in [3.05, 3.63) is 34.4 Å². The molecule has 1 saturated heterocycles. The highest BCUT2D eigenvalue weighted by Gasteiger charge is 2.42. The van der Waals surface area contributed by atoms with Gasteiger partial charge < -0.3 is 14.8 Å². The molecule has 200 valence electrons. The number of anilines is 1. The average molecular weight is 601 g/mol. The van der Waals surface area contributed by atoms with Crippen LogP contribution in [-0.2, 0) is 30.8 Å². The smallest absolute Gasteiger partial charge is 0.324 e. The molecule has 0 saturated carbocycles. The number of ether oxygens (including phenoxy) is 2. The summed E-state index contributed by atoms with van der Waals surface area (Å²) in [6.45, 7) is 6.92. The van der Waals surface area contributed by atoms with Crippen LogP contribution in [0, 0.1) is 0 Å². The molecule has 0 unspecified atom stereocenters. The van der Waals surface area contributed by atoms with Crippen LogP contribution >= 0.6 is 15.9 Å². The van der Waals surface area contributed by atoms with Crippen molar-refractivity contribution in [3.63, 3.8) is 0 Å².